The second kappa shape index (κ2) is 4.71. The zero-order chi connectivity index (χ0) is 13.5. The summed E-state index contributed by atoms with van der Waals surface area (Å²) in [6.07, 6.45) is 0. The number of benzene rings is 2. The van der Waals surface area contributed by atoms with E-state index < -0.39 is 16.2 Å². The lowest BCUT2D eigenvalue weighted by Crippen LogP contribution is -2.15. The maximum absolute atomic E-state index is 11.0. The molecule has 1 unspecified atom stereocenters. The molecule has 0 fully saturated rings. The van der Waals surface area contributed by atoms with Gasteiger partial charge in [0.05, 0.1) is 5.30 Å². The standard InChI is InChI=1S/C12H10O5P2/c13-19(14,15)17-18-12-8-4-2-6-10(12)9-5-1-3-7-11(9)16-18/h1-8H,(H2,13,14,15). The Balaban J connectivity index is 2.11. The van der Waals surface area contributed by atoms with Crippen LogP contribution in [0.5, 0.6) is 5.75 Å². The molecule has 0 saturated heterocycles. The summed E-state index contributed by atoms with van der Waals surface area (Å²) in [5.41, 5.74) is 1.77. The minimum Gasteiger partial charge on any atom is -0.443 e. The molecule has 0 bridgehead atoms. The van der Waals surface area contributed by atoms with Gasteiger partial charge in [0.25, 0.3) is 8.38 Å². The molecule has 1 heterocycles. The lowest BCUT2D eigenvalue weighted by molar-refractivity contribution is 0.285. The molecule has 5 nitrogen and oxygen atoms in total. The number of para-hydroxylation sites is 1. The van der Waals surface area contributed by atoms with Crippen molar-refractivity contribution in [3.8, 4) is 16.9 Å². The van der Waals surface area contributed by atoms with E-state index in [1.807, 2.05) is 24.3 Å². The fourth-order valence-corrected chi connectivity index (χ4v) is 4.22. The second-order valence-corrected chi connectivity index (χ2v) is 6.75. The zero-order valence-electron chi connectivity index (χ0n) is 9.63. The van der Waals surface area contributed by atoms with Crippen LogP contribution in [0, 0.1) is 0 Å². The van der Waals surface area contributed by atoms with Gasteiger partial charge in [-0.25, -0.2) is 8.88 Å². The summed E-state index contributed by atoms with van der Waals surface area (Å²) < 4.78 is 21.4. The van der Waals surface area contributed by atoms with Gasteiger partial charge in [-0.05, 0) is 17.7 Å². The number of rotatable bonds is 2. The predicted octanol–water partition coefficient (Wildman–Crippen LogP) is 2.79. The molecule has 0 saturated carbocycles. The number of phosphoric acid groups is 1. The highest BCUT2D eigenvalue weighted by Crippen LogP contribution is 2.57. The first kappa shape index (κ1) is 12.8. The Morgan fingerprint density at radius 2 is 1.63 bits per heavy atom. The normalized spacial score (nSPS) is 17.3. The average Bonchev–Trinajstić information content (AvgIpc) is 2.37. The van der Waals surface area contributed by atoms with Crippen LogP contribution < -0.4 is 9.83 Å². The predicted molar refractivity (Wildman–Crippen MR) is 72.2 cm³/mol. The first-order valence-electron chi connectivity index (χ1n) is 5.46. The van der Waals surface area contributed by atoms with Crippen LogP contribution in [-0.4, -0.2) is 9.79 Å². The first-order chi connectivity index (χ1) is 9.04. The topological polar surface area (TPSA) is 76.0 Å². The third kappa shape index (κ3) is 2.57. The molecule has 3 rings (SSSR count). The summed E-state index contributed by atoms with van der Waals surface area (Å²) in [5.74, 6) is 0.570. The highest BCUT2D eigenvalue weighted by molar-refractivity contribution is 7.65. The summed E-state index contributed by atoms with van der Waals surface area (Å²) in [4.78, 5) is 17.9. The van der Waals surface area contributed by atoms with Gasteiger partial charge in [0.15, 0.2) is 0 Å². The third-order valence-corrected chi connectivity index (χ3v) is 5.23. The van der Waals surface area contributed by atoms with E-state index in [1.54, 1.807) is 24.3 Å². The van der Waals surface area contributed by atoms with E-state index in [2.05, 4.69) is 0 Å². The number of hydrogen-bond acceptors (Lipinski definition) is 3. The Labute approximate surface area is 111 Å². The molecule has 1 aliphatic heterocycles. The van der Waals surface area contributed by atoms with E-state index in [1.165, 1.54) is 0 Å². The fraction of sp³-hybridized carbons (Fsp3) is 0. The van der Waals surface area contributed by atoms with Crippen LogP contribution in [0.15, 0.2) is 48.5 Å². The van der Waals surface area contributed by atoms with Gasteiger partial charge in [0, 0.05) is 5.56 Å². The van der Waals surface area contributed by atoms with Gasteiger partial charge in [-0.15, -0.1) is 0 Å². The van der Waals surface area contributed by atoms with Crippen LogP contribution >= 0.6 is 16.2 Å². The van der Waals surface area contributed by atoms with Crippen LogP contribution in [0.2, 0.25) is 0 Å². The molecular formula is C12H10O5P2. The lowest BCUT2D eigenvalue weighted by atomic mass is 10.0. The summed E-state index contributed by atoms with van der Waals surface area (Å²) in [6, 6.07) is 14.6. The van der Waals surface area contributed by atoms with Crippen molar-refractivity contribution >= 4 is 21.5 Å². The van der Waals surface area contributed by atoms with Gasteiger partial charge in [0.2, 0.25) is 0 Å². The van der Waals surface area contributed by atoms with Gasteiger partial charge in [0.1, 0.15) is 5.75 Å². The SMILES string of the molecule is O=P(O)(O)OP1Oc2ccccc2-c2ccccc21. The van der Waals surface area contributed by atoms with Crippen molar-refractivity contribution in [1.29, 1.82) is 0 Å². The van der Waals surface area contributed by atoms with Crippen molar-refractivity contribution in [3.05, 3.63) is 48.5 Å². The maximum Gasteiger partial charge on any atom is 0.475 e. The molecule has 0 aliphatic carbocycles. The Bertz CT molecular complexity index is 667. The summed E-state index contributed by atoms with van der Waals surface area (Å²) in [6.45, 7) is 0. The number of hydrogen-bond donors (Lipinski definition) is 2. The van der Waals surface area contributed by atoms with Crippen LogP contribution in [0.3, 0.4) is 0 Å². The third-order valence-electron chi connectivity index (χ3n) is 2.64. The van der Waals surface area contributed by atoms with Gasteiger partial charge in [-0.3, -0.25) is 0 Å². The van der Waals surface area contributed by atoms with E-state index in [9.17, 15) is 4.57 Å². The first-order valence-corrected chi connectivity index (χ1v) is 8.17. The molecule has 2 aromatic rings. The van der Waals surface area contributed by atoms with E-state index in [0.717, 1.165) is 11.1 Å². The molecule has 0 amide bonds. The van der Waals surface area contributed by atoms with Crippen molar-refractivity contribution in [2.45, 2.75) is 0 Å². The maximum atomic E-state index is 11.0. The largest absolute Gasteiger partial charge is 0.475 e. The van der Waals surface area contributed by atoms with E-state index >= 15 is 0 Å². The molecule has 19 heavy (non-hydrogen) atoms. The molecule has 7 heteroatoms. The molecule has 1 atom stereocenters. The molecule has 98 valence electrons. The van der Waals surface area contributed by atoms with Crippen molar-refractivity contribution in [2.24, 2.45) is 0 Å². The Kier molecular flexibility index (Phi) is 3.17. The average molecular weight is 296 g/mol. The van der Waals surface area contributed by atoms with Crippen molar-refractivity contribution in [3.63, 3.8) is 0 Å². The Morgan fingerprint density at radius 1 is 1.00 bits per heavy atom. The molecule has 2 N–H and O–H groups in total. The second-order valence-electron chi connectivity index (χ2n) is 3.93. The van der Waals surface area contributed by atoms with Crippen LogP contribution in [0.4, 0.5) is 0 Å². The Hall–Kier alpha value is -1.22. The molecule has 1 aliphatic rings. The van der Waals surface area contributed by atoms with Gasteiger partial charge in [-0.1, -0.05) is 36.4 Å². The zero-order valence-corrected chi connectivity index (χ0v) is 11.4. The highest BCUT2D eigenvalue weighted by atomic mass is 31.3. The van der Waals surface area contributed by atoms with Gasteiger partial charge >= 0.3 is 7.82 Å². The van der Waals surface area contributed by atoms with E-state index in [0.29, 0.717) is 11.1 Å². The quantitative estimate of drug-likeness (QED) is 0.833. The summed E-state index contributed by atoms with van der Waals surface area (Å²) in [5, 5.41) is 0.666. The van der Waals surface area contributed by atoms with Crippen LogP contribution in [0.1, 0.15) is 0 Å². The van der Waals surface area contributed by atoms with Crippen molar-refractivity contribution in [2.75, 3.05) is 0 Å². The van der Waals surface area contributed by atoms with Crippen molar-refractivity contribution < 1.29 is 23.2 Å². The fourth-order valence-electron chi connectivity index (χ4n) is 1.93. The summed E-state index contributed by atoms with van der Waals surface area (Å²) >= 11 is 0. The minimum atomic E-state index is -4.60. The molecule has 2 aromatic carbocycles. The lowest BCUT2D eigenvalue weighted by Gasteiger charge is -2.26. The summed E-state index contributed by atoms with van der Waals surface area (Å²) in [7, 11) is -6.42. The van der Waals surface area contributed by atoms with Gasteiger partial charge < -0.3 is 14.3 Å². The highest BCUT2D eigenvalue weighted by Gasteiger charge is 2.33. The monoisotopic (exact) mass is 296 g/mol. The van der Waals surface area contributed by atoms with Crippen molar-refractivity contribution in [1.82, 2.24) is 0 Å². The van der Waals surface area contributed by atoms with Gasteiger partial charge in [-0.2, -0.15) is 0 Å². The van der Waals surface area contributed by atoms with Crippen LogP contribution in [-0.2, 0) is 8.88 Å². The number of fused-ring (bicyclic) bond motifs is 3. The molecular weight excluding hydrogens is 286 g/mol. The molecule has 0 radical (unpaired) electrons. The van der Waals surface area contributed by atoms with E-state index in [4.69, 9.17) is 18.6 Å². The van der Waals surface area contributed by atoms with Crippen LogP contribution in [0.25, 0.3) is 11.1 Å². The molecule has 0 aromatic heterocycles. The molecule has 0 spiro atoms. The minimum absolute atomic E-state index is 0.570. The smallest absolute Gasteiger partial charge is 0.443 e. The Morgan fingerprint density at radius 3 is 2.37 bits per heavy atom. The van der Waals surface area contributed by atoms with E-state index in [-0.39, 0.29) is 0 Å².